The van der Waals surface area contributed by atoms with Crippen LogP contribution in [0.1, 0.15) is 41.6 Å². The lowest BCUT2D eigenvalue weighted by molar-refractivity contribution is 0.0722. The number of aliphatic hydroxyl groups is 1. The standard InChI is InChI=1S/C17H21NO3/c1-21-16-11-6-10-15(16)18-17(20)14-9-3-2-7-13(14)8-4-5-12-19/h2-3,7,9,15-16,19H,5-6,10-12H2,1H3,(H,18,20). The molecule has 1 fully saturated rings. The van der Waals surface area contributed by atoms with Gasteiger partial charge in [-0.25, -0.2) is 0 Å². The number of methoxy groups -OCH3 is 1. The molecule has 0 saturated heterocycles. The van der Waals surface area contributed by atoms with E-state index in [0.29, 0.717) is 17.5 Å². The fourth-order valence-corrected chi connectivity index (χ4v) is 2.62. The van der Waals surface area contributed by atoms with Gasteiger partial charge >= 0.3 is 0 Å². The number of amides is 1. The van der Waals surface area contributed by atoms with Gasteiger partial charge in [-0.2, -0.15) is 0 Å². The van der Waals surface area contributed by atoms with Crippen molar-refractivity contribution >= 4 is 5.91 Å². The van der Waals surface area contributed by atoms with Crippen LogP contribution < -0.4 is 5.32 Å². The predicted molar refractivity (Wildman–Crippen MR) is 80.9 cm³/mol. The molecule has 2 N–H and O–H groups in total. The Balaban J connectivity index is 2.10. The van der Waals surface area contributed by atoms with Gasteiger partial charge in [0.15, 0.2) is 0 Å². The number of nitrogens with one attached hydrogen (secondary N) is 1. The van der Waals surface area contributed by atoms with Crippen molar-refractivity contribution in [1.82, 2.24) is 5.32 Å². The van der Waals surface area contributed by atoms with Crippen LogP contribution in [-0.2, 0) is 4.74 Å². The summed E-state index contributed by atoms with van der Waals surface area (Å²) in [6.07, 6.45) is 3.51. The molecule has 0 aromatic heterocycles. The van der Waals surface area contributed by atoms with Crippen LogP contribution in [0.5, 0.6) is 0 Å². The van der Waals surface area contributed by atoms with Gasteiger partial charge in [0.25, 0.3) is 5.91 Å². The maximum atomic E-state index is 12.4. The van der Waals surface area contributed by atoms with Crippen molar-refractivity contribution in [3.05, 3.63) is 35.4 Å². The molecule has 21 heavy (non-hydrogen) atoms. The third kappa shape index (κ3) is 4.07. The maximum Gasteiger partial charge on any atom is 0.252 e. The zero-order valence-corrected chi connectivity index (χ0v) is 12.3. The van der Waals surface area contributed by atoms with Crippen molar-refractivity contribution in [3.63, 3.8) is 0 Å². The monoisotopic (exact) mass is 287 g/mol. The molecule has 1 aliphatic rings. The van der Waals surface area contributed by atoms with E-state index in [4.69, 9.17) is 9.84 Å². The van der Waals surface area contributed by atoms with E-state index in [2.05, 4.69) is 17.2 Å². The number of ether oxygens (including phenoxy) is 1. The largest absolute Gasteiger partial charge is 0.395 e. The average molecular weight is 287 g/mol. The minimum absolute atomic E-state index is 0.0267. The highest BCUT2D eigenvalue weighted by Crippen LogP contribution is 2.22. The second-order valence-electron chi connectivity index (χ2n) is 5.11. The Morgan fingerprint density at radius 2 is 2.24 bits per heavy atom. The van der Waals surface area contributed by atoms with E-state index >= 15 is 0 Å². The van der Waals surface area contributed by atoms with Gasteiger partial charge in [0.05, 0.1) is 24.3 Å². The van der Waals surface area contributed by atoms with Gasteiger partial charge in [0.1, 0.15) is 0 Å². The van der Waals surface area contributed by atoms with Gasteiger partial charge < -0.3 is 15.2 Å². The highest BCUT2D eigenvalue weighted by molar-refractivity contribution is 5.97. The molecule has 0 spiro atoms. The summed E-state index contributed by atoms with van der Waals surface area (Å²) in [4.78, 5) is 12.4. The lowest BCUT2D eigenvalue weighted by atomic mass is 10.1. The summed E-state index contributed by atoms with van der Waals surface area (Å²) in [5.41, 5.74) is 1.26. The first kappa shape index (κ1) is 15.6. The molecule has 0 radical (unpaired) electrons. The van der Waals surface area contributed by atoms with Gasteiger partial charge in [-0.3, -0.25) is 4.79 Å². The molecule has 2 unspecified atom stereocenters. The summed E-state index contributed by atoms with van der Waals surface area (Å²) in [5.74, 6) is 5.69. The normalized spacial score (nSPS) is 20.7. The molecule has 4 heteroatoms. The average Bonchev–Trinajstić information content (AvgIpc) is 2.95. The minimum atomic E-state index is -0.113. The van der Waals surface area contributed by atoms with Gasteiger partial charge in [0, 0.05) is 19.1 Å². The van der Waals surface area contributed by atoms with Crippen LogP contribution in [0.2, 0.25) is 0 Å². The number of aliphatic hydroxyl groups excluding tert-OH is 1. The molecule has 1 aromatic carbocycles. The third-order valence-corrected chi connectivity index (χ3v) is 3.70. The number of benzene rings is 1. The number of hydrogen-bond donors (Lipinski definition) is 2. The van der Waals surface area contributed by atoms with Crippen LogP contribution in [-0.4, -0.2) is 36.9 Å². The molecule has 2 atom stereocenters. The van der Waals surface area contributed by atoms with Crippen molar-refractivity contribution in [3.8, 4) is 11.8 Å². The predicted octanol–water partition coefficient (Wildman–Crippen LogP) is 1.72. The molecule has 4 nitrogen and oxygen atoms in total. The van der Waals surface area contributed by atoms with Crippen molar-refractivity contribution in [2.45, 2.75) is 37.8 Å². The fraction of sp³-hybridized carbons (Fsp3) is 0.471. The molecule has 1 saturated carbocycles. The summed E-state index contributed by atoms with van der Waals surface area (Å²) in [6.45, 7) is 0.0267. The molecule has 1 amide bonds. The summed E-state index contributed by atoms with van der Waals surface area (Å²) >= 11 is 0. The zero-order chi connectivity index (χ0) is 15.1. The Hall–Kier alpha value is -1.83. The lowest BCUT2D eigenvalue weighted by Gasteiger charge is -2.20. The second kappa shape index (κ2) is 7.82. The van der Waals surface area contributed by atoms with Crippen LogP contribution >= 0.6 is 0 Å². The molecular formula is C17H21NO3. The van der Waals surface area contributed by atoms with Gasteiger partial charge in [-0.1, -0.05) is 24.0 Å². The van der Waals surface area contributed by atoms with Crippen molar-refractivity contribution in [2.75, 3.05) is 13.7 Å². The number of carbonyl (C=O) groups excluding carboxylic acids is 1. The number of carbonyl (C=O) groups is 1. The molecule has 1 aromatic rings. The zero-order valence-electron chi connectivity index (χ0n) is 12.3. The number of rotatable bonds is 4. The van der Waals surface area contributed by atoms with Crippen molar-refractivity contribution in [2.24, 2.45) is 0 Å². The van der Waals surface area contributed by atoms with Crippen LogP contribution in [0.4, 0.5) is 0 Å². The summed E-state index contributed by atoms with van der Waals surface area (Å²) in [5, 5.41) is 11.8. The van der Waals surface area contributed by atoms with Crippen LogP contribution in [0, 0.1) is 11.8 Å². The van der Waals surface area contributed by atoms with Crippen LogP contribution in [0.25, 0.3) is 0 Å². The first-order valence-corrected chi connectivity index (χ1v) is 7.28. The van der Waals surface area contributed by atoms with Crippen molar-refractivity contribution in [1.29, 1.82) is 0 Å². The van der Waals surface area contributed by atoms with Crippen LogP contribution in [0.15, 0.2) is 24.3 Å². The molecule has 1 aliphatic carbocycles. The van der Waals surface area contributed by atoms with Crippen molar-refractivity contribution < 1.29 is 14.6 Å². The second-order valence-corrected chi connectivity index (χ2v) is 5.11. The smallest absolute Gasteiger partial charge is 0.252 e. The minimum Gasteiger partial charge on any atom is -0.395 e. The molecule has 0 bridgehead atoms. The Kier molecular flexibility index (Phi) is 5.79. The SMILES string of the molecule is COC1CCCC1NC(=O)c1ccccc1C#CCCO. The molecule has 0 heterocycles. The summed E-state index contributed by atoms with van der Waals surface area (Å²) in [6, 6.07) is 7.35. The van der Waals surface area contributed by atoms with Gasteiger partial charge in [-0.15, -0.1) is 0 Å². The highest BCUT2D eigenvalue weighted by Gasteiger charge is 2.28. The molecule has 0 aliphatic heterocycles. The van der Waals surface area contributed by atoms with E-state index in [1.807, 2.05) is 18.2 Å². The molecule has 2 rings (SSSR count). The molecular weight excluding hydrogens is 266 g/mol. The first-order chi connectivity index (χ1) is 10.3. The third-order valence-electron chi connectivity index (χ3n) is 3.70. The number of hydrogen-bond acceptors (Lipinski definition) is 3. The van der Waals surface area contributed by atoms with E-state index < -0.39 is 0 Å². The maximum absolute atomic E-state index is 12.4. The van der Waals surface area contributed by atoms with E-state index in [1.54, 1.807) is 13.2 Å². The topological polar surface area (TPSA) is 58.6 Å². The lowest BCUT2D eigenvalue weighted by Crippen LogP contribution is -2.40. The molecule has 112 valence electrons. The quantitative estimate of drug-likeness (QED) is 0.829. The van der Waals surface area contributed by atoms with Crippen LogP contribution in [0.3, 0.4) is 0 Å². The summed E-state index contributed by atoms with van der Waals surface area (Å²) < 4.78 is 5.40. The van der Waals surface area contributed by atoms with E-state index in [-0.39, 0.29) is 24.7 Å². The fourth-order valence-electron chi connectivity index (χ4n) is 2.62. The van der Waals surface area contributed by atoms with Gasteiger partial charge in [-0.05, 0) is 31.4 Å². The van der Waals surface area contributed by atoms with E-state index in [9.17, 15) is 4.79 Å². The van der Waals surface area contributed by atoms with E-state index in [0.717, 1.165) is 19.3 Å². The highest BCUT2D eigenvalue weighted by atomic mass is 16.5. The Labute approximate surface area is 125 Å². The Bertz CT molecular complexity index is 544. The van der Waals surface area contributed by atoms with E-state index in [1.165, 1.54) is 0 Å². The Morgan fingerprint density at radius 3 is 3.00 bits per heavy atom. The summed E-state index contributed by atoms with van der Waals surface area (Å²) in [7, 11) is 1.68. The Morgan fingerprint density at radius 1 is 1.43 bits per heavy atom. The first-order valence-electron chi connectivity index (χ1n) is 7.28. The van der Waals surface area contributed by atoms with Gasteiger partial charge in [0.2, 0.25) is 0 Å².